The van der Waals surface area contributed by atoms with Crippen LogP contribution in [0.15, 0.2) is 18.2 Å². The molecule has 0 atom stereocenters. The van der Waals surface area contributed by atoms with E-state index in [2.05, 4.69) is 9.44 Å². The maximum Gasteiger partial charge on any atom is 0.299 e. The zero-order valence-electron chi connectivity index (χ0n) is 9.23. The Morgan fingerprint density at radius 3 is 2.76 bits per heavy atom. The van der Waals surface area contributed by atoms with Gasteiger partial charge in [-0.25, -0.2) is 0 Å². The summed E-state index contributed by atoms with van der Waals surface area (Å²) in [5.41, 5.74) is 6.16. The standard InChI is InChI=1S/C9H14ClN3O3S/c1-16-5-4-12-17(14,15)13-9-3-2-7(10)6-8(9)11/h2-3,6,12-13H,4-5,11H2,1H3. The van der Waals surface area contributed by atoms with Crippen LogP contribution in [0.25, 0.3) is 0 Å². The molecule has 17 heavy (non-hydrogen) atoms. The molecule has 0 saturated carbocycles. The predicted molar refractivity (Wildman–Crippen MR) is 68.3 cm³/mol. The average Bonchev–Trinajstić information content (AvgIpc) is 2.22. The topological polar surface area (TPSA) is 93.4 Å². The summed E-state index contributed by atoms with van der Waals surface area (Å²) in [4.78, 5) is 0. The first-order valence-corrected chi connectivity index (χ1v) is 6.62. The van der Waals surface area contributed by atoms with Crippen molar-refractivity contribution in [2.75, 3.05) is 30.7 Å². The third-order valence-electron chi connectivity index (χ3n) is 1.86. The minimum absolute atomic E-state index is 0.180. The molecule has 1 aromatic carbocycles. The van der Waals surface area contributed by atoms with E-state index in [0.717, 1.165) is 0 Å². The molecule has 0 amide bonds. The van der Waals surface area contributed by atoms with Crippen LogP contribution in [-0.4, -0.2) is 28.7 Å². The van der Waals surface area contributed by atoms with Crippen molar-refractivity contribution in [1.82, 2.24) is 4.72 Å². The quantitative estimate of drug-likeness (QED) is 0.531. The summed E-state index contributed by atoms with van der Waals surface area (Å²) in [5, 5.41) is 0.442. The number of hydrogen-bond acceptors (Lipinski definition) is 4. The van der Waals surface area contributed by atoms with E-state index in [1.165, 1.54) is 19.2 Å². The van der Waals surface area contributed by atoms with Crippen LogP contribution in [0.1, 0.15) is 0 Å². The fourth-order valence-electron chi connectivity index (χ4n) is 1.09. The first-order chi connectivity index (χ1) is 7.94. The van der Waals surface area contributed by atoms with Gasteiger partial charge in [-0.3, -0.25) is 4.72 Å². The Bertz CT molecular complexity index is 478. The highest BCUT2D eigenvalue weighted by molar-refractivity contribution is 7.90. The van der Waals surface area contributed by atoms with E-state index in [-0.39, 0.29) is 24.5 Å². The third-order valence-corrected chi connectivity index (χ3v) is 3.16. The van der Waals surface area contributed by atoms with E-state index in [9.17, 15) is 8.42 Å². The normalized spacial score (nSPS) is 11.4. The van der Waals surface area contributed by atoms with Gasteiger partial charge in [-0.15, -0.1) is 0 Å². The number of benzene rings is 1. The number of methoxy groups -OCH3 is 1. The van der Waals surface area contributed by atoms with E-state index in [1.54, 1.807) is 6.07 Å². The molecular formula is C9H14ClN3O3S. The maximum absolute atomic E-state index is 11.5. The lowest BCUT2D eigenvalue weighted by Crippen LogP contribution is -2.32. The number of halogens is 1. The van der Waals surface area contributed by atoms with Gasteiger partial charge in [0, 0.05) is 18.7 Å². The van der Waals surface area contributed by atoms with Gasteiger partial charge < -0.3 is 10.5 Å². The average molecular weight is 280 g/mol. The molecule has 1 rings (SSSR count). The van der Waals surface area contributed by atoms with Crippen LogP contribution in [0.4, 0.5) is 11.4 Å². The van der Waals surface area contributed by atoms with E-state index in [4.69, 9.17) is 22.1 Å². The molecule has 0 spiro atoms. The number of ether oxygens (including phenoxy) is 1. The van der Waals surface area contributed by atoms with Crippen LogP contribution in [0.2, 0.25) is 5.02 Å². The van der Waals surface area contributed by atoms with Gasteiger partial charge in [-0.2, -0.15) is 13.1 Å². The summed E-state index contributed by atoms with van der Waals surface area (Å²) in [6, 6.07) is 4.51. The van der Waals surface area contributed by atoms with Gasteiger partial charge in [0.15, 0.2) is 0 Å². The first kappa shape index (κ1) is 14.0. The second-order valence-corrected chi connectivity index (χ2v) is 5.16. The molecule has 0 fully saturated rings. The fraction of sp³-hybridized carbons (Fsp3) is 0.333. The lowest BCUT2D eigenvalue weighted by atomic mass is 10.3. The predicted octanol–water partition coefficient (Wildman–Crippen LogP) is 0.815. The van der Waals surface area contributed by atoms with Crippen LogP contribution in [0, 0.1) is 0 Å². The van der Waals surface area contributed by atoms with Crippen molar-refractivity contribution in [2.45, 2.75) is 0 Å². The fourth-order valence-corrected chi connectivity index (χ4v) is 2.17. The van der Waals surface area contributed by atoms with E-state index >= 15 is 0 Å². The highest BCUT2D eigenvalue weighted by Gasteiger charge is 2.10. The van der Waals surface area contributed by atoms with Crippen molar-refractivity contribution >= 4 is 33.2 Å². The molecule has 0 aliphatic rings. The van der Waals surface area contributed by atoms with Crippen molar-refractivity contribution in [2.24, 2.45) is 0 Å². The molecular weight excluding hydrogens is 266 g/mol. The Morgan fingerprint density at radius 2 is 2.18 bits per heavy atom. The molecule has 0 aromatic heterocycles. The lowest BCUT2D eigenvalue weighted by molar-refractivity contribution is 0.204. The molecule has 0 bridgehead atoms. The Kier molecular flexibility index (Phi) is 5.01. The smallest absolute Gasteiger partial charge is 0.299 e. The third kappa shape index (κ3) is 4.78. The largest absolute Gasteiger partial charge is 0.397 e. The number of nitrogen functional groups attached to an aromatic ring is 1. The molecule has 6 nitrogen and oxygen atoms in total. The van der Waals surface area contributed by atoms with E-state index < -0.39 is 10.2 Å². The second-order valence-electron chi connectivity index (χ2n) is 3.22. The SMILES string of the molecule is COCCNS(=O)(=O)Nc1ccc(Cl)cc1N. The molecule has 1 aromatic rings. The Morgan fingerprint density at radius 1 is 1.47 bits per heavy atom. The highest BCUT2D eigenvalue weighted by Crippen LogP contribution is 2.23. The summed E-state index contributed by atoms with van der Waals surface area (Å²) in [6.45, 7) is 0.469. The summed E-state index contributed by atoms with van der Waals surface area (Å²) in [7, 11) is -2.16. The van der Waals surface area contributed by atoms with Crippen molar-refractivity contribution in [3.8, 4) is 0 Å². The number of hydrogen-bond donors (Lipinski definition) is 3. The Hall–Kier alpha value is -1.02. The highest BCUT2D eigenvalue weighted by atomic mass is 35.5. The number of nitrogens with two attached hydrogens (primary N) is 1. The zero-order chi connectivity index (χ0) is 12.9. The molecule has 0 heterocycles. The zero-order valence-corrected chi connectivity index (χ0v) is 10.8. The minimum atomic E-state index is -3.65. The Balaban J connectivity index is 2.69. The van der Waals surface area contributed by atoms with Gasteiger partial charge in [0.25, 0.3) is 10.2 Å². The molecule has 0 aliphatic heterocycles. The summed E-state index contributed by atoms with van der Waals surface area (Å²) in [6.07, 6.45) is 0. The molecule has 4 N–H and O–H groups in total. The number of nitrogens with one attached hydrogen (secondary N) is 2. The van der Waals surface area contributed by atoms with Crippen molar-refractivity contribution in [1.29, 1.82) is 0 Å². The molecule has 8 heteroatoms. The van der Waals surface area contributed by atoms with Crippen LogP contribution in [0.5, 0.6) is 0 Å². The van der Waals surface area contributed by atoms with Gasteiger partial charge in [0.05, 0.1) is 18.0 Å². The monoisotopic (exact) mass is 279 g/mol. The summed E-state index contributed by atoms with van der Waals surface area (Å²) in [5.74, 6) is 0. The number of anilines is 2. The lowest BCUT2D eigenvalue weighted by Gasteiger charge is -2.11. The Labute approximate surface area is 105 Å². The van der Waals surface area contributed by atoms with Crippen LogP contribution >= 0.6 is 11.6 Å². The van der Waals surface area contributed by atoms with Crippen molar-refractivity contribution in [3.05, 3.63) is 23.2 Å². The first-order valence-electron chi connectivity index (χ1n) is 4.76. The molecule has 0 unspecified atom stereocenters. The molecule has 96 valence electrons. The van der Waals surface area contributed by atoms with Gasteiger partial charge in [0.1, 0.15) is 0 Å². The van der Waals surface area contributed by atoms with Gasteiger partial charge >= 0.3 is 0 Å². The minimum Gasteiger partial charge on any atom is -0.397 e. The van der Waals surface area contributed by atoms with Gasteiger partial charge in [0.2, 0.25) is 0 Å². The van der Waals surface area contributed by atoms with Crippen molar-refractivity contribution < 1.29 is 13.2 Å². The van der Waals surface area contributed by atoms with Crippen LogP contribution < -0.4 is 15.2 Å². The van der Waals surface area contributed by atoms with E-state index in [0.29, 0.717) is 5.02 Å². The van der Waals surface area contributed by atoms with Crippen LogP contribution in [-0.2, 0) is 14.9 Å². The van der Waals surface area contributed by atoms with Gasteiger partial charge in [-0.1, -0.05) is 11.6 Å². The van der Waals surface area contributed by atoms with Crippen LogP contribution in [0.3, 0.4) is 0 Å². The summed E-state index contributed by atoms with van der Waals surface area (Å²) < 4.78 is 32.4. The van der Waals surface area contributed by atoms with Gasteiger partial charge in [-0.05, 0) is 18.2 Å². The second kappa shape index (κ2) is 6.06. The number of rotatable bonds is 6. The van der Waals surface area contributed by atoms with E-state index in [1.807, 2.05) is 0 Å². The molecule has 0 saturated heterocycles. The molecule has 0 radical (unpaired) electrons. The summed E-state index contributed by atoms with van der Waals surface area (Å²) >= 11 is 5.70. The van der Waals surface area contributed by atoms with Crippen molar-refractivity contribution in [3.63, 3.8) is 0 Å². The maximum atomic E-state index is 11.5. The molecule has 0 aliphatic carbocycles.